The van der Waals surface area contributed by atoms with Crippen molar-refractivity contribution in [1.29, 1.82) is 0 Å². The molecule has 0 radical (unpaired) electrons. The van der Waals surface area contributed by atoms with Crippen molar-refractivity contribution in [2.75, 3.05) is 17.2 Å². The molecule has 2 rings (SSSR count). The Bertz CT molecular complexity index is 992. The number of alkyl halides is 3. The smallest absolute Gasteiger partial charge is 0.494 e. The van der Waals surface area contributed by atoms with Crippen LogP contribution in [-0.2, 0) is 10.0 Å². The van der Waals surface area contributed by atoms with Crippen LogP contribution in [0.2, 0.25) is 0 Å². The molecule has 6 nitrogen and oxygen atoms in total. The minimum Gasteiger partial charge on any atom is -0.494 e. The standard InChI is InChI=1S/C18H17F4NO5S/c1-3-9-29(25,26)23(13-7-8-16(27-2)15(19)11-13)17(24)12-5-4-6-14(10-12)28-18(20,21)22/h4-8,10-11H,3,9H2,1-2H3. The number of rotatable bonds is 7. The van der Waals surface area contributed by atoms with E-state index in [4.69, 9.17) is 4.74 Å². The first-order valence-electron chi connectivity index (χ1n) is 8.25. The minimum atomic E-state index is -4.99. The van der Waals surface area contributed by atoms with Gasteiger partial charge in [0, 0.05) is 11.6 Å². The predicted molar refractivity (Wildman–Crippen MR) is 97.0 cm³/mol. The third kappa shape index (κ3) is 5.59. The normalized spacial score (nSPS) is 11.8. The number of carbonyl (C=O) groups excluding carboxylic acids is 1. The third-order valence-corrected chi connectivity index (χ3v) is 5.47. The average Bonchev–Trinajstić information content (AvgIpc) is 2.60. The lowest BCUT2D eigenvalue weighted by Gasteiger charge is -2.23. The van der Waals surface area contributed by atoms with Gasteiger partial charge >= 0.3 is 6.36 Å². The molecule has 158 valence electrons. The largest absolute Gasteiger partial charge is 0.573 e. The van der Waals surface area contributed by atoms with E-state index in [1.165, 1.54) is 7.11 Å². The Balaban J connectivity index is 2.54. The number of carbonyl (C=O) groups is 1. The van der Waals surface area contributed by atoms with Gasteiger partial charge in [0.15, 0.2) is 11.6 Å². The van der Waals surface area contributed by atoms with Crippen molar-refractivity contribution in [2.45, 2.75) is 19.7 Å². The monoisotopic (exact) mass is 435 g/mol. The number of sulfonamides is 1. The van der Waals surface area contributed by atoms with Crippen LogP contribution in [0.1, 0.15) is 23.7 Å². The van der Waals surface area contributed by atoms with E-state index in [0.29, 0.717) is 4.31 Å². The molecule has 0 saturated heterocycles. The second kappa shape index (κ2) is 8.68. The minimum absolute atomic E-state index is 0.155. The first-order valence-corrected chi connectivity index (χ1v) is 9.86. The van der Waals surface area contributed by atoms with Crippen LogP contribution < -0.4 is 13.8 Å². The van der Waals surface area contributed by atoms with Crippen LogP contribution in [0, 0.1) is 5.82 Å². The molecule has 0 aliphatic carbocycles. The predicted octanol–water partition coefficient (Wildman–Crippen LogP) is 4.12. The van der Waals surface area contributed by atoms with Crippen LogP contribution >= 0.6 is 0 Å². The lowest BCUT2D eigenvalue weighted by molar-refractivity contribution is -0.274. The van der Waals surface area contributed by atoms with Crippen LogP contribution in [0.3, 0.4) is 0 Å². The van der Waals surface area contributed by atoms with Gasteiger partial charge in [0.05, 0.1) is 18.6 Å². The fraction of sp³-hybridized carbons (Fsp3) is 0.278. The maximum Gasteiger partial charge on any atom is 0.573 e. The second-order valence-corrected chi connectivity index (χ2v) is 7.72. The van der Waals surface area contributed by atoms with Crippen LogP contribution in [0.5, 0.6) is 11.5 Å². The zero-order valence-electron chi connectivity index (χ0n) is 15.4. The van der Waals surface area contributed by atoms with Crippen molar-refractivity contribution in [3.63, 3.8) is 0 Å². The van der Waals surface area contributed by atoms with Crippen LogP contribution in [0.4, 0.5) is 23.2 Å². The van der Waals surface area contributed by atoms with Crippen molar-refractivity contribution in [3.05, 3.63) is 53.8 Å². The van der Waals surface area contributed by atoms with Gasteiger partial charge in [-0.25, -0.2) is 17.1 Å². The Morgan fingerprint density at radius 2 is 1.83 bits per heavy atom. The molecule has 0 unspecified atom stereocenters. The molecule has 0 bridgehead atoms. The van der Waals surface area contributed by atoms with Crippen molar-refractivity contribution in [3.8, 4) is 11.5 Å². The molecule has 29 heavy (non-hydrogen) atoms. The molecule has 2 aromatic carbocycles. The zero-order valence-corrected chi connectivity index (χ0v) is 16.2. The maximum atomic E-state index is 14.1. The molecule has 0 fully saturated rings. The molecule has 0 atom stereocenters. The Hall–Kier alpha value is -2.82. The number of amides is 1. The SMILES string of the molecule is CCCS(=O)(=O)N(C(=O)c1cccc(OC(F)(F)F)c1)c1ccc(OC)c(F)c1. The summed E-state index contributed by atoms with van der Waals surface area (Å²) < 4.78 is 85.6. The van der Waals surface area contributed by atoms with Crippen molar-refractivity contribution < 1.29 is 40.2 Å². The summed E-state index contributed by atoms with van der Waals surface area (Å²) in [5.41, 5.74) is -0.702. The molecule has 0 heterocycles. The first kappa shape index (κ1) is 22.5. The molecule has 1 amide bonds. The van der Waals surface area contributed by atoms with E-state index in [2.05, 4.69) is 4.74 Å². The van der Waals surface area contributed by atoms with E-state index >= 15 is 0 Å². The molecule has 0 spiro atoms. The fourth-order valence-electron chi connectivity index (χ4n) is 2.48. The molecule has 0 aliphatic heterocycles. The van der Waals surface area contributed by atoms with E-state index in [-0.39, 0.29) is 23.4 Å². The van der Waals surface area contributed by atoms with Gasteiger partial charge in [0.1, 0.15) is 5.75 Å². The Morgan fingerprint density at radius 3 is 2.38 bits per heavy atom. The average molecular weight is 435 g/mol. The molecule has 11 heteroatoms. The summed E-state index contributed by atoms with van der Waals surface area (Å²) in [6.07, 6.45) is -4.84. The van der Waals surface area contributed by atoms with E-state index in [0.717, 1.165) is 42.5 Å². The summed E-state index contributed by atoms with van der Waals surface area (Å²) in [7, 11) is -3.03. The lowest BCUT2D eigenvalue weighted by Crippen LogP contribution is -2.38. The van der Waals surface area contributed by atoms with Gasteiger partial charge in [-0.05, 0) is 36.8 Å². The van der Waals surface area contributed by atoms with Crippen LogP contribution in [-0.4, -0.2) is 33.5 Å². The van der Waals surface area contributed by atoms with Crippen molar-refractivity contribution >= 4 is 21.6 Å². The molecule has 0 saturated carbocycles. The molecule has 0 aliphatic rings. The lowest BCUT2D eigenvalue weighted by atomic mass is 10.2. The molecular formula is C18H17F4NO5S. The third-order valence-electron chi connectivity index (χ3n) is 3.61. The second-order valence-electron chi connectivity index (χ2n) is 5.78. The van der Waals surface area contributed by atoms with Gasteiger partial charge in [-0.15, -0.1) is 13.2 Å². The van der Waals surface area contributed by atoms with E-state index in [9.17, 15) is 30.8 Å². The Morgan fingerprint density at radius 1 is 1.14 bits per heavy atom. The van der Waals surface area contributed by atoms with Gasteiger partial charge in [0.25, 0.3) is 5.91 Å². The highest BCUT2D eigenvalue weighted by molar-refractivity contribution is 7.93. The fourth-order valence-corrected chi connectivity index (χ4v) is 3.97. The molecule has 0 N–H and O–H groups in total. The van der Waals surface area contributed by atoms with Crippen molar-refractivity contribution in [2.24, 2.45) is 0 Å². The number of benzene rings is 2. The highest BCUT2D eigenvalue weighted by Gasteiger charge is 2.33. The number of hydrogen-bond donors (Lipinski definition) is 0. The first-order chi connectivity index (χ1) is 13.5. The van der Waals surface area contributed by atoms with Gasteiger partial charge in [-0.2, -0.15) is 0 Å². The summed E-state index contributed by atoms with van der Waals surface area (Å²) in [4.78, 5) is 12.9. The highest BCUT2D eigenvalue weighted by Crippen LogP contribution is 2.29. The zero-order chi connectivity index (χ0) is 21.8. The van der Waals surface area contributed by atoms with E-state index < -0.39 is 39.6 Å². The van der Waals surface area contributed by atoms with Crippen LogP contribution in [0.15, 0.2) is 42.5 Å². The van der Waals surface area contributed by atoms with E-state index in [1.54, 1.807) is 6.92 Å². The topological polar surface area (TPSA) is 72.9 Å². The van der Waals surface area contributed by atoms with Crippen molar-refractivity contribution in [1.82, 2.24) is 0 Å². The number of ether oxygens (including phenoxy) is 2. The summed E-state index contributed by atoms with van der Waals surface area (Å²) in [6.45, 7) is 1.56. The molecular weight excluding hydrogens is 418 g/mol. The summed E-state index contributed by atoms with van der Waals surface area (Å²) >= 11 is 0. The van der Waals surface area contributed by atoms with Gasteiger partial charge in [0.2, 0.25) is 10.0 Å². The highest BCUT2D eigenvalue weighted by atomic mass is 32.2. The molecule has 2 aromatic rings. The quantitative estimate of drug-likeness (QED) is 0.612. The molecule has 0 aromatic heterocycles. The van der Waals surface area contributed by atoms with Crippen LogP contribution in [0.25, 0.3) is 0 Å². The van der Waals surface area contributed by atoms with Gasteiger partial charge in [-0.3, -0.25) is 4.79 Å². The number of nitrogens with zero attached hydrogens (tertiary/aromatic N) is 1. The summed E-state index contributed by atoms with van der Waals surface area (Å²) in [5.74, 6) is -3.38. The van der Waals surface area contributed by atoms with Gasteiger partial charge in [-0.1, -0.05) is 13.0 Å². The summed E-state index contributed by atoms with van der Waals surface area (Å²) in [5, 5.41) is 0. The summed E-state index contributed by atoms with van der Waals surface area (Å²) in [6, 6.07) is 7.03. The maximum absolute atomic E-state index is 14.1. The van der Waals surface area contributed by atoms with E-state index in [1.807, 2.05) is 0 Å². The number of anilines is 1. The number of halogens is 4. The Kier molecular flexibility index (Phi) is 6.73. The number of hydrogen-bond acceptors (Lipinski definition) is 5. The number of methoxy groups -OCH3 is 1. The Labute approximate surface area is 164 Å². The van der Waals surface area contributed by atoms with Gasteiger partial charge < -0.3 is 9.47 Å².